The van der Waals surface area contributed by atoms with Crippen LogP contribution in [0.25, 0.3) is 0 Å². The van der Waals surface area contributed by atoms with E-state index in [0.29, 0.717) is 5.92 Å². The van der Waals surface area contributed by atoms with Crippen LogP contribution in [0.1, 0.15) is 29.2 Å². The zero-order chi connectivity index (χ0) is 10.8. The standard InChI is InChI=1S/C15H13N/c1-2-6-13-11-14(9-8-12(13)5-1)15-7-3-4-10-16-15/h1-7,10,14H,8-9H2. The highest BCUT2D eigenvalue weighted by molar-refractivity contribution is 5.39. The van der Waals surface area contributed by atoms with E-state index in [1.54, 1.807) is 0 Å². The highest BCUT2D eigenvalue weighted by atomic mass is 14.7. The van der Waals surface area contributed by atoms with Gasteiger partial charge in [0, 0.05) is 24.2 Å². The van der Waals surface area contributed by atoms with E-state index in [9.17, 15) is 0 Å². The third-order valence-corrected chi connectivity index (χ3v) is 3.09. The molecule has 0 bridgehead atoms. The average molecular weight is 207 g/mol. The monoisotopic (exact) mass is 207 g/mol. The van der Waals surface area contributed by atoms with Gasteiger partial charge in [-0.05, 0) is 36.1 Å². The Morgan fingerprint density at radius 1 is 1.06 bits per heavy atom. The molecule has 0 aliphatic heterocycles. The minimum Gasteiger partial charge on any atom is -0.261 e. The number of aryl methyl sites for hydroxylation is 1. The molecule has 1 unspecified atom stereocenters. The summed E-state index contributed by atoms with van der Waals surface area (Å²) in [6, 6.07) is 14.6. The van der Waals surface area contributed by atoms with Gasteiger partial charge < -0.3 is 0 Å². The van der Waals surface area contributed by atoms with E-state index < -0.39 is 0 Å². The Balaban J connectivity index is 1.89. The molecular weight excluding hydrogens is 194 g/mol. The molecule has 1 aromatic heterocycles. The van der Waals surface area contributed by atoms with Crippen molar-refractivity contribution in [3.63, 3.8) is 0 Å². The van der Waals surface area contributed by atoms with Gasteiger partial charge in [-0.25, -0.2) is 0 Å². The SMILES string of the molecule is [C]1c2ccccc2CCC1c1ccccn1. The van der Waals surface area contributed by atoms with Gasteiger partial charge in [-0.2, -0.15) is 0 Å². The van der Waals surface area contributed by atoms with Crippen molar-refractivity contribution in [3.05, 3.63) is 71.9 Å². The minimum atomic E-state index is 0.357. The molecule has 78 valence electrons. The summed E-state index contributed by atoms with van der Waals surface area (Å²) >= 11 is 0. The minimum absolute atomic E-state index is 0.357. The Hall–Kier alpha value is -1.63. The summed E-state index contributed by atoms with van der Waals surface area (Å²) in [6.45, 7) is 0. The van der Waals surface area contributed by atoms with Crippen molar-refractivity contribution in [2.24, 2.45) is 0 Å². The molecular formula is C15H13N. The lowest BCUT2D eigenvalue weighted by Crippen LogP contribution is -2.11. The molecule has 0 amide bonds. The Kier molecular flexibility index (Phi) is 2.45. The van der Waals surface area contributed by atoms with Gasteiger partial charge in [-0.3, -0.25) is 4.98 Å². The van der Waals surface area contributed by atoms with Crippen LogP contribution in [0.5, 0.6) is 0 Å². The van der Waals surface area contributed by atoms with Crippen LogP contribution in [-0.2, 0) is 6.42 Å². The predicted molar refractivity (Wildman–Crippen MR) is 64.1 cm³/mol. The first-order chi connectivity index (χ1) is 7.93. The number of hydrogen-bond acceptors (Lipinski definition) is 1. The van der Waals surface area contributed by atoms with Crippen LogP contribution in [0, 0.1) is 6.42 Å². The van der Waals surface area contributed by atoms with E-state index in [1.807, 2.05) is 18.3 Å². The fourth-order valence-electron chi connectivity index (χ4n) is 2.24. The third-order valence-electron chi connectivity index (χ3n) is 3.09. The van der Waals surface area contributed by atoms with Gasteiger partial charge in [0.05, 0.1) is 0 Å². The Morgan fingerprint density at radius 2 is 1.94 bits per heavy atom. The summed E-state index contributed by atoms with van der Waals surface area (Å²) in [6.07, 6.45) is 7.66. The molecule has 2 aromatic rings. The number of benzene rings is 1. The average Bonchev–Trinajstić information content (AvgIpc) is 2.39. The summed E-state index contributed by atoms with van der Waals surface area (Å²) in [5, 5.41) is 0. The van der Waals surface area contributed by atoms with Gasteiger partial charge in [-0.15, -0.1) is 0 Å². The summed E-state index contributed by atoms with van der Waals surface area (Å²) in [5.41, 5.74) is 3.80. The molecule has 1 atom stereocenters. The van der Waals surface area contributed by atoms with Crippen LogP contribution < -0.4 is 0 Å². The maximum absolute atomic E-state index is 4.41. The smallest absolute Gasteiger partial charge is 0.0444 e. The van der Waals surface area contributed by atoms with Crippen LogP contribution in [0.15, 0.2) is 48.7 Å². The maximum Gasteiger partial charge on any atom is 0.0444 e. The Labute approximate surface area is 96.2 Å². The maximum atomic E-state index is 4.41. The summed E-state index contributed by atoms with van der Waals surface area (Å²) < 4.78 is 0. The second kappa shape index (κ2) is 4.09. The highest BCUT2D eigenvalue weighted by Gasteiger charge is 2.20. The van der Waals surface area contributed by atoms with Crippen molar-refractivity contribution in [2.45, 2.75) is 18.8 Å². The van der Waals surface area contributed by atoms with Gasteiger partial charge in [0.2, 0.25) is 0 Å². The quantitative estimate of drug-likeness (QED) is 0.699. The Bertz CT molecular complexity index is 476. The summed E-state index contributed by atoms with van der Waals surface area (Å²) in [7, 11) is 0. The number of hydrogen-bond donors (Lipinski definition) is 0. The first-order valence-electron chi connectivity index (χ1n) is 5.69. The largest absolute Gasteiger partial charge is 0.261 e. The van der Waals surface area contributed by atoms with Gasteiger partial charge >= 0.3 is 0 Å². The number of rotatable bonds is 1. The van der Waals surface area contributed by atoms with Gasteiger partial charge in [0.15, 0.2) is 0 Å². The molecule has 1 aliphatic rings. The molecule has 16 heavy (non-hydrogen) atoms. The number of nitrogens with zero attached hydrogens (tertiary/aromatic N) is 1. The highest BCUT2D eigenvalue weighted by Crippen LogP contribution is 2.32. The zero-order valence-electron chi connectivity index (χ0n) is 9.06. The Morgan fingerprint density at radius 3 is 2.81 bits per heavy atom. The molecule has 0 spiro atoms. The van der Waals surface area contributed by atoms with E-state index in [2.05, 4.69) is 41.7 Å². The van der Waals surface area contributed by atoms with Crippen LogP contribution in [0.2, 0.25) is 0 Å². The summed E-state index contributed by atoms with van der Waals surface area (Å²) in [4.78, 5) is 4.41. The van der Waals surface area contributed by atoms with E-state index in [4.69, 9.17) is 0 Å². The van der Waals surface area contributed by atoms with Gasteiger partial charge in [-0.1, -0.05) is 30.3 Å². The molecule has 3 rings (SSSR count). The number of pyridine rings is 1. The van der Waals surface area contributed by atoms with Gasteiger partial charge in [0.1, 0.15) is 0 Å². The summed E-state index contributed by atoms with van der Waals surface area (Å²) in [5.74, 6) is 0.357. The van der Waals surface area contributed by atoms with Crippen molar-refractivity contribution >= 4 is 0 Å². The first-order valence-corrected chi connectivity index (χ1v) is 5.69. The van der Waals surface area contributed by atoms with E-state index in [1.165, 1.54) is 11.1 Å². The fourth-order valence-corrected chi connectivity index (χ4v) is 2.24. The van der Waals surface area contributed by atoms with E-state index in [-0.39, 0.29) is 0 Å². The van der Waals surface area contributed by atoms with Crippen molar-refractivity contribution in [1.29, 1.82) is 0 Å². The molecule has 0 saturated heterocycles. The first kappa shape index (κ1) is 9.59. The number of fused-ring (bicyclic) bond motifs is 1. The zero-order valence-corrected chi connectivity index (χ0v) is 9.06. The topological polar surface area (TPSA) is 12.9 Å². The van der Waals surface area contributed by atoms with Crippen molar-refractivity contribution in [1.82, 2.24) is 4.98 Å². The molecule has 2 radical (unpaired) electrons. The van der Waals surface area contributed by atoms with E-state index >= 15 is 0 Å². The van der Waals surface area contributed by atoms with Crippen LogP contribution in [-0.4, -0.2) is 4.98 Å². The molecule has 1 heterocycles. The van der Waals surface area contributed by atoms with E-state index in [0.717, 1.165) is 18.5 Å². The fraction of sp³-hybridized carbons (Fsp3) is 0.200. The molecule has 0 saturated carbocycles. The molecule has 1 heteroatoms. The second-order valence-corrected chi connectivity index (χ2v) is 4.15. The molecule has 1 aliphatic carbocycles. The van der Waals surface area contributed by atoms with Crippen molar-refractivity contribution in [3.8, 4) is 0 Å². The number of aromatic nitrogens is 1. The van der Waals surface area contributed by atoms with Crippen LogP contribution in [0.3, 0.4) is 0 Å². The van der Waals surface area contributed by atoms with Crippen molar-refractivity contribution < 1.29 is 0 Å². The predicted octanol–water partition coefficient (Wildman–Crippen LogP) is 3.24. The second-order valence-electron chi connectivity index (χ2n) is 4.15. The lowest BCUT2D eigenvalue weighted by molar-refractivity contribution is 0.657. The lowest BCUT2D eigenvalue weighted by Gasteiger charge is -2.23. The van der Waals surface area contributed by atoms with Crippen LogP contribution in [0.4, 0.5) is 0 Å². The van der Waals surface area contributed by atoms with Crippen molar-refractivity contribution in [2.75, 3.05) is 0 Å². The van der Waals surface area contributed by atoms with Crippen LogP contribution >= 0.6 is 0 Å². The molecule has 0 fully saturated rings. The van der Waals surface area contributed by atoms with Gasteiger partial charge in [0.25, 0.3) is 0 Å². The third kappa shape index (κ3) is 1.73. The normalized spacial score (nSPS) is 19.1. The molecule has 1 nitrogen and oxygen atoms in total. The molecule has 0 N–H and O–H groups in total. The molecule has 1 aromatic carbocycles. The lowest BCUT2D eigenvalue weighted by atomic mass is 9.82.